The number of piperazine rings is 1. The highest BCUT2D eigenvalue weighted by Gasteiger charge is 2.21. The van der Waals surface area contributed by atoms with Gasteiger partial charge in [0.15, 0.2) is 0 Å². The summed E-state index contributed by atoms with van der Waals surface area (Å²) in [5.74, 6) is 0.763. The Morgan fingerprint density at radius 1 is 1.19 bits per heavy atom. The molecule has 2 aromatic rings. The average Bonchev–Trinajstić information content (AvgIpc) is 3.07. The van der Waals surface area contributed by atoms with Gasteiger partial charge in [0.25, 0.3) is 0 Å². The van der Waals surface area contributed by atoms with E-state index in [9.17, 15) is 4.79 Å². The first-order chi connectivity index (χ1) is 10.3. The zero-order valence-electron chi connectivity index (χ0n) is 11.7. The smallest absolute Gasteiger partial charge is 0.317 e. The monoisotopic (exact) mass is 286 g/mol. The van der Waals surface area contributed by atoms with Crippen LogP contribution < -0.4 is 10.2 Å². The Kier molecular flexibility index (Phi) is 4.04. The minimum absolute atomic E-state index is 0.0409. The number of aromatic nitrogens is 1. The van der Waals surface area contributed by atoms with Gasteiger partial charge in [-0.25, -0.2) is 4.79 Å². The van der Waals surface area contributed by atoms with E-state index in [-0.39, 0.29) is 6.03 Å². The molecule has 0 aliphatic carbocycles. The van der Waals surface area contributed by atoms with E-state index < -0.39 is 0 Å². The summed E-state index contributed by atoms with van der Waals surface area (Å²) in [6.07, 6.45) is 5.19. The highest BCUT2D eigenvalue weighted by molar-refractivity contribution is 5.74. The molecule has 1 fully saturated rings. The highest BCUT2D eigenvalue weighted by atomic mass is 16.3. The standard InChI is InChI=1S/C15H18N4O2/c20-15(17-12-14-2-1-11-21-14)19-9-7-18(8-10-19)13-3-5-16-6-4-13/h1-6,11H,7-10,12H2,(H,17,20). The van der Waals surface area contributed by atoms with Crippen molar-refractivity contribution in [2.45, 2.75) is 6.54 Å². The van der Waals surface area contributed by atoms with Crippen molar-refractivity contribution >= 4 is 11.7 Å². The molecule has 110 valence electrons. The van der Waals surface area contributed by atoms with Crippen LogP contribution in [0.2, 0.25) is 0 Å². The summed E-state index contributed by atoms with van der Waals surface area (Å²) >= 11 is 0. The molecular formula is C15H18N4O2. The summed E-state index contributed by atoms with van der Waals surface area (Å²) in [4.78, 5) is 20.2. The number of hydrogen-bond acceptors (Lipinski definition) is 4. The predicted octanol–water partition coefficient (Wildman–Crippen LogP) is 1.71. The fourth-order valence-electron chi connectivity index (χ4n) is 2.41. The third-order valence-electron chi connectivity index (χ3n) is 3.59. The fraction of sp³-hybridized carbons (Fsp3) is 0.333. The van der Waals surface area contributed by atoms with Crippen LogP contribution in [0.1, 0.15) is 5.76 Å². The maximum absolute atomic E-state index is 12.1. The minimum atomic E-state index is -0.0409. The van der Waals surface area contributed by atoms with Gasteiger partial charge >= 0.3 is 6.03 Å². The molecule has 2 aromatic heterocycles. The van der Waals surface area contributed by atoms with Gasteiger partial charge in [0.05, 0.1) is 12.8 Å². The SMILES string of the molecule is O=C(NCc1ccco1)N1CCN(c2ccncc2)CC1. The van der Waals surface area contributed by atoms with Crippen LogP contribution in [0.5, 0.6) is 0 Å². The maximum atomic E-state index is 12.1. The molecule has 21 heavy (non-hydrogen) atoms. The van der Waals surface area contributed by atoms with Crippen molar-refractivity contribution in [3.8, 4) is 0 Å². The first-order valence-corrected chi connectivity index (χ1v) is 7.03. The second kappa shape index (κ2) is 6.30. The number of carbonyl (C=O) groups excluding carboxylic acids is 1. The van der Waals surface area contributed by atoms with Crippen LogP contribution >= 0.6 is 0 Å². The van der Waals surface area contributed by atoms with Gasteiger partial charge < -0.3 is 19.5 Å². The Morgan fingerprint density at radius 2 is 1.95 bits per heavy atom. The van der Waals surface area contributed by atoms with E-state index in [0.717, 1.165) is 24.5 Å². The van der Waals surface area contributed by atoms with Gasteiger partial charge in [-0.1, -0.05) is 0 Å². The quantitative estimate of drug-likeness (QED) is 0.933. The minimum Gasteiger partial charge on any atom is -0.467 e. The van der Waals surface area contributed by atoms with Crippen molar-refractivity contribution in [3.63, 3.8) is 0 Å². The van der Waals surface area contributed by atoms with Crippen LogP contribution in [0, 0.1) is 0 Å². The number of rotatable bonds is 3. The van der Waals surface area contributed by atoms with E-state index in [4.69, 9.17) is 4.42 Å². The molecule has 0 atom stereocenters. The molecule has 0 bridgehead atoms. The highest BCUT2D eigenvalue weighted by Crippen LogP contribution is 2.14. The molecule has 1 aliphatic heterocycles. The van der Waals surface area contributed by atoms with E-state index in [0.29, 0.717) is 19.6 Å². The lowest BCUT2D eigenvalue weighted by Gasteiger charge is -2.35. The summed E-state index contributed by atoms with van der Waals surface area (Å²) in [7, 11) is 0. The number of anilines is 1. The first-order valence-electron chi connectivity index (χ1n) is 7.03. The number of carbonyl (C=O) groups is 1. The van der Waals surface area contributed by atoms with Crippen molar-refractivity contribution < 1.29 is 9.21 Å². The molecule has 0 radical (unpaired) electrons. The molecule has 3 rings (SSSR count). The number of hydrogen-bond donors (Lipinski definition) is 1. The average molecular weight is 286 g/mol. The number of pyridine rings is 1. The van der Waals surface area contributed by atoms with Crippen molar-refractivity contribution in [2.24, 2.45) is 0 Å². The van der Waals surface area contributed by atoms with Crippen molar-refractivity contribution in [2.75, 3.05) is 31.1 Å². The van der Waals surface area contributed by atoms with Crippen LogP contribution in [0.3, 0.4) is 0 Å². The molecule has 0 saturated carbocycles. The molecule has 1 saturated heterocycles. The number of urea groups is 1. The van der Waals surface area contributed by atoms with Crippen LogP contribution in [-0.2, 0) is 6.54 Å². The second-order valence-electron chi connectivity index (χ2n) is 4.92. The van der Waals surface area contributed by atoms with Crippen LogP contribution in [0.4, 0.5) is 10.5 Å². The van der Waals surface area contributed by atoms with Gasteiger partial charge in [-0.15, -0.1) is 0 Å². The van der Waals surface area contributed by atoms with Gasteiger partial charge in [0.1, 0.15) is 5.76 Å². The predicted molar refractivity (Wildman–Crippen MR) is 79.0 cm³/mol. The Labute approximate surface area is 123 Å². The molecule has 0 spiro atoms. The van der Waals surface area contributed by atoms with Crippen LogP contribution in [0.15, 0.2) is 47.3 Å². The molecule has 6 heteroatoms. The lowest BCUT2D eigenvalue weighted by molar-refractivity contribution is 0.193. The Bertz CT molecular complexity index is 563. The number of amides is 2. The van der Waals surface area contributed by atoms with E-state index >= 15 is 0 Å². The van der Waals surface area contributed by atoms with Gasteiger partial charge in [-0.3, -0.25) is 4.98 Å². The summed E-state index contributed by atoms with van der Waals surface area (Å²) in [6.45, 7) is 3.52. The van der Waals surface area contributed by atoms with Crippen LogP contribution in [-0.4, -0.2) is 42.1 Å². The third kappa shape index (κ3) is 3.34. The normalized spacial score (nSPS) is 15.0. The van der Waals surface area contributed by atoms with Gasteiger partial charge in [0, 0.05) is 44.3 Å². The van der Waals surface area contributed by atoms with Gasteiger partial charge in [-0.2, -0.15) is 0 Å². The zero-order valence-corrected chi connectivity index (χ0v) is 11.7. The summed E-state index contributed by atoms with van der Waals surface area (Å²) in [5, 5.41) is 2.87. The number of nitrogens with one attached hydrogen (secondary N) is 1. The molecule has 0 aromatic carbocycles. The molecule has 3 heterocycles. The number of nitrogens with zero attached hydrogens (tertiary/aromatic N) is 3. The van der Waals surface area contributed by atoms with E-state index in [1.54, 1.807) is 18.7 Å². The molecule has 1 N–H and O–H groups in total. The molecule has 6 nitrogen and oxygen atoms in total. The third-order valence-corrected chi connectivity index (χ3v) is 3.59. The summed E-state index contributed by atoms with van der Waals surface area (Å²) in [5.41, 5.74) is 1.15. The first kappa shape index (κ1) is 13.5. The second-order valence-corrected chi connectivity index (χ2v) is 4.92. The zero-order chi connectivity index (χ0) is 14.5. The van der Waals surface area contributed by atoms with Gasteiger partial charge in [-0.05, 0) is 24.3 Å². The molecule has 1 aliphatic rings. The topological polar surface area (TPSA) is 61.6 Å². The fourth-order valence-corrected chi connectivity index (χ4v) is 2.41. The molecule has 0 unspecified atom stereocenters. The summed E-state index contributed by atoms with van der Waals surface area (Å²) in [6, 6.07) is 7.61. The van der Waals surface area contributed by atoms with Crippen molar-refractivity contribution in [1.29, 1.82) is 0 Å². The van der Waals surface area contributed by atoms with E-state index in [2.05, 4.69) is 15.2 Å². The summed E-state index contributed by atoms with van der Waals surface area (Å²) < 4.78 is 5.20. The maximum Gasteiger partial charge on any atom is 0.317 e. The van der Waals surface area contributed by atoms with Crippen molar-refractivity contribution in [1.82, 2.24) is 15.2 Å². The Morgan fingerprint density at radius 3 is 2.62 bits per heavy atom. The molecule has 2 amide bonds. The van der Waals surface area contributed by atoms with E-state index in [1.807, 2.05) is 29.2 Å². The lowest BCUT2D eigenvalue weighted by atomic mass is 10.3. The Balaban J connectivity index is 1.48. The van der Waals surface area contributed by atoms with E-state index in [1.165, 1.54) is 0 Å². The Hall–Kier alpha value is -2.50. The largest absolute Gasteiger partial charge is 0.467 e. The van der Waals surface area contributed by atoms with Gasteiger partial charge in [0.2, 0.25) is 0 Å². The van der Waals surface area contributed by atoms with Crippen molar-refractivity contribution in [3.05, 3.63) is 48.7 Å². The lowest BCUT2D eigenvalue weighted by Crippen LogP contribution is -2.51. The van der Waals surface area contributed by atoms with Crippen LogP contribution in [0.25, 0.3) is 0 Å². The number of furan rings is 1. The molecular weight excluding hydrogens is 268 g/mol.